The molecule has 0 unspecified atom stereocenters. The van der Waals surface area contributed by atoms with Crippen LogP contribution >= 0.6 is 0 Å². The Kier molecular flexibility index (Phi) is 5.39. The number of hydrogen-bond donors (Lipinski definition) is 2. The molecule has 1 aliphatic rings. The fourth-order valence-electron chi connectivity index (χ4n) is 3.04. The Bertz CT molecular complexity index is 798. The minimum absolute atomic E-state index is 0.173. The largest absolute Gasteiger partial charge is 0.316 e. The molecule has 0 bridgehead atoms. The Morgan fingerprint density at radius 3 is 2.40 bits per heavy atom. The van der Waals surface area contributed by atoms with Gasteiger partial charge in [0.15, 0.2) is 0 Å². The topological polar surface area (TPSA) is 58.2 Å². The molecule has 0 amide bonds. The molecule has 1 saturated heterocycles. The molecule has 1 fully saturated rings. The van der Waals surface area contributed by atoms with Crippen LogP contribution in [0.2, 0.25) is 0 Å². The van der Waals surface area contributed by atoms with E-state index in [-0.39, 0.29) is 10.8 Å². The maximum Gasteiger partial charge on any atom is 0.261 e. The molecule has 6 heteroatoms. The zero-order valence-electron chi connectivity index (χ0n) is 14.2. The fourth-order valence-corrected chi connectivity index (χ4v) is 4.10. The number of hydrogen-bond acceptors (Lipinski definition) is 3. The van der Waals surface area contributed by atoms with Crippen molar-refractivity contribution in [2.75, 3.05) is 24.5 Å². The van der Waals surface area contributed by atoms with Crippen LogP contribution in [-0.4, -0.2) is 28.2 Å². The van der Waals surface area contributed by atoms with E-state index in [1.807, 2.05) is 12.1 Å². The van der Waals surface area contributed by atoms with Crippen LogP contribution in [0, 0.1) is 0 Å². The number of anilines is 1. The lowest BCUT2D eigenvalue weighted by Gasteiger charge is -2.12. The maximum absolute atomic E-state index is 12.7. The van der Waals surface area contributed by atoms with E-state index in [1.165, 1.54) is 17.7 Å². The zero-order chi connectivity index (χ0) is 17.9. The van der Waals surface area contributed by atoms with Gasteiger partial charge in [-0.25, -0.2) is 8.42 Å². The maximum atomic E-state index is 12.7. The van der Waals surface area contributed by atoms with Crippen molar-refractivity contribution < 1.29 is 12.8 Å². The predicted octanol–water partition coefficient (Wildman–Crippen LogP) is 3.64. The van der Waals surface area contributed by atoms with Crippen LogP contribution in [0.1, 0.15) is 36.3 Å². The third kappa shape index (κ3) is 4.19. The van der Waals surface area contributed by atoms with Crippen LogP contribution < -0.4 is 10.0 Å². The first-order chi connectivity index (χ1) is 12.0. The molecule has 2 aromatic carbocycles. The van der Waals surface area contributed by atoms with Gasteiger partial charge in [-0.05, 0) is 54.3 Å². The summed E-state index contributed by atoms with van der Waals surface area (Å²) in [5.41, 5.74) is 2.55. The summed E-state index contributed by atoms with van der Waals surface area (Å²) in [7, 11) is -3.65. The highest BCUT2D eigenvalue weighted by Gasteiger charge is 2.18. The molecule has 134 valence electrons. The SMILES string of the molecule is C[C@H](CF)c1ccc(S(=O)(=O)Nc2ccc([C@@H]3CCNC3)cc2)cc1. The summed E-state index contributed by atoms with van der Waals surface area (Å²) in [4.78, 5) is 0.173. The van der Waals surface area contributed by atoms with Crippen LogP contribution in [-0.2, 0) is 10.0 Å². The van der Waals surface area contributed by atoms with Crippen molar-refractivity contribution >= 4 is 15.7 Å². The van der Waals surface area contributed by atoms with Gasteiger partial charge >= 0.3 is 0 Å². The van der Waals surface area contributed by atoms with E-state index < -0.39 is 16.7 Å². The molecule has 2 N–H and O–H groups in total. The summed E-state index contributed by atoms with van der Waals surface area (Å²) < 4.78 is 40.3. The predicted molar refractivity (Wildman–Crippen MR) is 98.3 cm³/mol. The van der Waals surface area contributed by atoms with Gasteiger partial charge in [0.25, 0.3) is 10.0 Å². The zero-order valence-corrected chi connectivity index (χ0v) is 15.0. The number of nitrogens with one attached hydrogen (secondary N) is 2. The van der Waals surface area contributed by atoms with Crippen LogP contribution in [0.15, 0.2) is 53.4 Å². The standard InChI is InChI=1S/C19H23FN2O2S/c1-14(12-20)15-4-8-19(9-5-15)25(23,24)22-18-6-2-16(3-7-18)17-10-11-21-13-17/h2-9,14,17,21-22H,10-13H2,1H3/t14-,17-/m1/s1. The molecule has 1 aliphatic heterocycles. The third-order valence-electron chi connectivity index (χ3n) is 4.69. The van der Waals surface area contributed by atoms with E-state index in [0.29, 0.717) is 11.6 Å². The minimum Gasteiger partial charge on any atom is -0.316 e. The summed E-state index contributed by atoms with van der Waals surface area (Å²) in [6.45, 7) is 3.29. The molecule has 25 heavy (non-hydrogen) atoms. The molecule has 3 rings (SSSR count). The van der Waals surface area contributed by atoms with Crippen LogP contribution in [0.3, 0.4) is 0 Å². The Labute approximate surface area is 148 Å². The number of halogens is 1. The highest BCUT2D eigenvalue weighted by atomic mass is 32.2. The smallest absolute Gasteiger partial charge is 0.261 e. The van der Waals surface area contributed by atoms with Gasteiger partial charge in [-0.1, -0.05) is 31.2 Å². The van der Waals surface area contributed by atoms with Crippen molar-refractivity contribution in [2.24, 2.45) is 0 Å². The van der Waals surface area contributed by atoms with Crippen molar-refractivity contribution in [1.82, 2.24) is 5.32 Å². The molecule has 0 spiro atoms. The number of alkyl halides is 1. The lowest BCUT2D eigenvalue weighted by molar-refractivity contribution is 0.447. The van der Waals surface area contributed by atoms with Gasteiger partial charge in [-0.3, -0.25) is 9.11 Å². The lowest BCUT2D eigenvalue weighted by Crippen LogP contribution is -2.13. The van der Waals surface area contributed by atoms with Crippen LogP contribution in [0.4, 0.5) is 10.1 Å². The Balaban J connectivity index is 1.72. The van der Waals surface area contributed by atoms with Gasteiger partial charge in [-0.2, -0.15) is 0 Å². The molecular weight excluding hydrogens is 339 g/mol. The molecule has 0 radical (unpaired) electrons. The van der Waals surface area contributed by atoms with E-state index in [2.05, 4.69) is 10.0 Å². The molecule has 0 aliphatic carbocycles. The second-order valence-electron chi connectivity index (χ2n) is 6.54. The van der Waals surface area contributed by atoms with Gasteiger partial charge in [-0.15, -0.1) is 0 Å². The second-order valence-corrected chi connectivity index (χ2v) is 8.22. The van der Waals surface area contributed by atoms with Gasteiger partial charge in [0.1, 0.15) is 0 Å². The Morgan fingerprint density at radius 2 is 1.84 bits per heavy atom. The number of rotatable bonds is 6. The van der Waals surface area contributed by atoms with E-state index >= 15 is 0 Å². The van der Waals surface area contributed by atoms with Crippen molar-refractivity contribution in [3.05, 3.63) is 59.7 Å². The number of benzene rings is 2. The van der Waals surface area contributed by atoms with Crippen LogP contribution in [0.5, 0.6) is 0 Å². The molecule has 0 saturated carbocycles. The molecule has 1 heterocycles. The van der Waals surface area contributed by atoms with Crippen molar-refractivity contribution in [3.63, 3.8) is 0 Å². The van der Waals surface area contributed by atoms with Crippen molar-refractivity contribution in [2.45, 2.75) is 30.1 Å². The average molecular weight is 362 g/mol. The molecule has 2 aromatic rings. The summed E-state index contributed by atoms with van der Waals surface area (Å²) >= 11 is 0. The second kappa shape index (κ2) is 7.54. The van der Waals surface area contributed by atoms with Gasteiger partial charge in [0, 0.05) is 18.2 Å². The van der Waals surface area contributed by atoms with Gasteiger partial charge in [0.05, 0.1) is 11.6 Å². The van der Waals surface area contributed by atoms with Crippen molar-refractivity contribution in [1.29, 1.82) is 0 Å². The highest BCUT2D eigenvalue weighted by Crippen LogP contribution is 2.25. The summed E-state index contributed by atoms with van der Waals surface area (Å²) in [5, 5.41) is 3.33. The van der Waals surface area contributed by atoms with E-state index in [0.717, 1.165) is 25.1 Å². The summed E-state index contributed by atoms with van der Waals surface area (Å²) in [5.74, 6) is 0.262. The Morgan fingerprint density at radius 1 is 1.16 bits per heavy atom. The lowest BCUT2D eigenvalue weighted by atomic mass is 9.98. The summed E-state index contributed by atoms with van der Waals surface area (Å²) in [6, 6.07) is 13.9. The fraction of sp³-hybridized carbons (Fsp3) is 0.368. The quantitative estimate of drug-likeness (QED) is 0.825. The number of sulfonamides is 1. The first-order valence-electron chi connectivity index (χ1n) is 8.49. The molecule has 0 aromatic heterocycles. The Hall–Kier alpha value is -1.92. The van der Waals surface area contributed by atoms with E-state index in [4.69, 9.17) is 0 Å². The monoisotopic (exact) mass is 362 g/mol. The highest BCUT2D eigenvalue weighted by molar-refractivity contribution is 7.92. The third-order valence-corrected chi connectivity index (χ3v) is 6.08. The van der Waals surface area contributed by atoms with Crippen molar-refractivity contribution in [3.8, 4) is 0 Å². The van der Waals surface area contributed by atoms with Gasteiger partial charge in [0.2, 0.25) is 0 Å². The minimum atomic E-state index is -3.65. The first-order valence-corrected chi connectivity index (χ1v) is 9.97. The molecular formula is C19H23FN2O2S. The van der Waals surface area contributed by atoms with E-state index in [1.54, 1.807) is 31.2 Å². The first kappa shape index (κ1) is 17.9. The normalized spacial score (nSPS) is 18.9. The van der Waals surface area contributed by atoms with E-state index in [9.17, 15) is 12.8 Å². The molecule has 2 atom stereocenters. The molecule has 4 nitrogen and oxygen atoms in total. The van der Waals surface area contributed by atoms with Crippen LogP contribution in [0.25, 0.3) is 0 Å². The summed E-state index contributed by atoms with van der Waals surface area (Å²) in [6.07, 6.45) is 1.11. The average Bonchev–Trinajstić information content (AvgIpc) is 3.16. The van der Waals surface area contributed by atoms with Gasteiger partial charge < -0.3 is 5.32 Å².